The highest BCUT2D eigenvalue weighted by Crippen LogP contribution is 2.07. The highest BCUT2D eigenvalue weighted by Gasteiger charge is 2.07. The Morgan fingerprint density at radius 3 is 2.73 bits per heavy atom. The smallest absolute Gasteiger partial charge is 0.224 e. The van der Waals surface area contributed by atoms with Gasteiger partial charge < -0.3 is 5.32 Å². The van der Waals surface area contributed by atoms with Crippen molar-refractivity contribution in [3.63, 3.8) is 0 Å². The Bertz CT molecular complexity index is 338. The molecule has 1 amide bonds. The summed E-state index contributed by atoms with van der Waals surface area (Å²) in [6.45, 7) is 4.00. The normalized spacial score (nSPS) is 12.2. The van der Waals surface area contributed by atoms with Crippen LogP contribution in [0, 0.1) is 6.92 Å². The number of amides is 1. The average molecular weight is 270 g/mol. The Hall–Kier alpha value is -0.830. The maximum Gasteiger partial charge on any atom is 0.224 e. The van der Waals surface area contributed by atoms with Gasteiger partial charge in [-0.1, -0.05) is 40.2 Å². The molecule has 2 nitrogen and oxygen atoms in total. The molecule has 0 aliphatic rings. The van der Waals surface area contributed by atoms with E-state index < -0.39 is 0 Å². The number of nitrogens with one attached hydrogen (secondary N) is 1. The molecule has 0 aliphatic heterocycles. The molecule has 0 saturated heterocycles. The molecule has 0 spiro atoms. The second-order valence-electron chi connectivity index (χ2n) is 3.73. The number of hydrogen-bond donors (Lipinski definition) is 1. The summed E-state index contributed by atoms with van der Waals surface area (Å²) in [5.41, 5.74) is 2.26. The van der Waals surface area contributed by atoms with Crippen LogP contribution in [0.4, 0.5) is 0 Å². The summed E-state index contributed by atoms with van der Waals surface area (Å²) in [4.78, 5) is 11.6. The van der Waals surface area contributed by atoms with Gasteiger partial charge in [-0.3, -0.25) is 4.79 Å². The fourth-order valence-electron chi connectivity index (χ4n) is 1.35. The molecule has 3 heteroatoms. The molecule has 1 aromatic carbocycles. The molecule has 0 heterocycles. The zero-order valence-electron chi connectivity index (χ0n) is 9.09. The van der Waals surface area contributed by atoms with E-state index in [0.29, 0.717) is 6.42 Å². The van der Waals surface area contributed by atoms with Crippen LogP contribution in [0.15, 0.2) is 24.3 Å². The van der Waals surface area contributed by atoms with Gasteiger partial charge in [0.05, 0.1) is 6.42 Å². The van der Waals surface area contributed by atoms with Gasteiger partial charge in [-0.25, -0.2) is 0 Å². The van der Waals surface area contributed by atoms with E-state index in [0.717, 1.165) is 10.9 Å². The van der Waals surface area contributed by atoms with Gasteiger partial charge >= 0.3 is 0 Å². The van der Waals surface area contributed by atoms with Crippen LogP contribution in [0.5, 0.6) is 0 Å². The molecule has 1 unspecified atom stereocenters. The van der Waals surface area contributed by atoms with Gasteiger partial charge in [0, 0.05) is 11.4 Å². The SMILES string of the molecule is Cc1ccccc1CC(=O)NC(C)CBr. The van der Waals surface area contributed by atoms with Crippen molar-refractivity contribution in [3.8, 4) is 0 Å². The fraction of sp³-hybridized carbons (Fsp3) is 0.417. The first-order valence-electron chi connectivity index (χ1n) is 5.03. The number of halogens is 1. The molecular formula is C12H16BrNO. The van der Waals surface area contributed by atoms with E-state index in [1.807, 2.05) is 38.1 Å². The van der Waals surface area contributed by atoms with E-state index in [2.05, 4.69) is 21.2 Å². The number of hydrogen-bond acceptors (Lipinski definition) is 1. The summed E-state index contributed by atoms with van der Waals surface area (Å²) >= 11 is 3.33. The fourth-order valence-corrected chi connectivity index (χ4v) is 1.51. The van der Waals surface area contributed by atoms with E-state index in [1.54, 1.807) is 0 Å². The lowest BCUT2D eigenvalue weighted by molar-refractivity contribution is -0.120. The number of carbonyl (C=O) groups is 1. The van der Waals surface area contributed by atoms with Crippen molar-refractivity contribution in [2.75, 3.05) is 5.33 Å². The van der Waals surface area contributed by atoms with E-state index in [1.165, 1.54) is 5.56 Å². The molecule has 1 atom stereocenters. The first-order chi connectivity index (χ1) is 7.13. The van der Waals surface area contributed by atoms with Crippen molar-refractivity contribution >= 4 is 21.8 Å². The predicted molar refractivity (Wildman–Crippen MR) is 66.3 cm³/mol. The Morgan fingerprint density at radius 2 is 2.13 bits per heavy atom. The van der Waals surface area contributed by atoms with Gasteiger partial charge in [-0.05, 0) is 25.0 Å². The van der Waals surface area contributed by atoms with Gasteiger partial charge in [0.1, 0.15) is 0 Å². The van der Waals surface area contributed by atoms with E-state index >= 15 is 0 Å². The molecule has 0 bridgehead atoms. The van der Waals surface area contributed by atoms with Crippen molar-refractivity contribution in [1.82, 2.24) is 5.32 Å². The number of alkyl halides is 1. The lowest BCUT2D eigenvalue weighted by Gasteiger charge is -2.11. The summed E-state index contributed by atoms with van der Waals surface area (Å²) in [6, 6.07) is 8.15. The van der Waals surface area contributed by atoms with Crippen LogP contribution in [0.3, 0.4) is 0 Å². The quantitative estimate of drug-likeness (QED) is 0.836. The van der Waals surface area contributed by atoms with Gasteiger partial charge in [0.15, 0.2) is 0 Å². The zero-order valence-corrected chi connectivity index (χ0v) is 10.7. The summed E-state index contributed by atoms with van der Waals surface area (Å²) in [7, 11) is 0. The molecule has 82 valence electrons. The van der Waals surface area contributed by atoms with Gasteiger partial charge in [0.25, 0.3) is 0 Å². The second-order valence-corrected chi connectivity index (χ2v) is 4.37. The lowest BCUT2D eigenvalue weighted by atomic mass is 10.1. The highest BCUT2D eigenvalue weighted by molar-refractivity contribution is 9.09. The Balaban J connectivity index is 2.55. The largest absolute Gasteiger partial charge is 0.353 e. The Labute approximate surface area is 99.2 Å². The van der Waals surface area contributed by atoms with Crippen molar-refractivity contribution in [3.05, 3.63) is 35.4 Å². The second kappa shape index (κ2) is 5.91. The van der Waals surface area contributed by atoms with Crippen molar-refractivity contribution in [2.24, 2.45) is 0 Å². The zero-order chi connectivity index (χ0) is 11.3. The molecule has 1 rings (SSSR count). The average Bonchev–Trinajstić information content (AvgIpc) is 2.21. The van der Waals surface area contributed by atoms with Gasteiger partial charge in [-0.2, -0.15) is 0 Å². The molecular weight excluding hydrogens is 254 g/mol. The molecule has 0 fully saturated rings. The first-order valence-corrected chi connectivity index (χ1v) is 6.15. The van der Waals surface area contributed by atoms with Crippen LogP contribution in [-0.4, -0.2) is 17.3 Å². The third-order valence-corrected chi connectivity index (χ3v) is 3.22. The van der Waals surface area contributed by atoms with Crippen LogP contribution in [-0.2, 0) is 11.2 Å². The highest BCUT2D eigenvalue weighted by atomic mass is 79.9. The maximum absolute atomic E-state index is 11.6. The van der Waals surface area contributed by atoms with Gasteiger partial charge in [-0.15, -0.1) is 0 Å². The van der Waals surface area contributed by atoms with Crippen LogP contribution >= 0.6 is 15.9 Å². The molecule has 0 aromatic heterocycles. The molecule has 0 aliphatic carbocycles. The minimum Gasteiger partial charge on any atom is -0.353 e. The van der Waals surface area contributed by atoms with Crippen molar-refractivity contribution < 1.29 is 4.79 Å². The lowest BCUT2D eigenvalue weighted by Crippen LogP contribution is -2.34. The molecule has 1 N–H and O–H groups in total. The van der Waals surface area contributed by atoms with Crippen LogP contribution < -0.4 is 5.32 Å². The minimum atomic E-state index is 0.0799. The number of rotatable bonds is 4. The Kier molecular flexibility index (Phi) is 4.82. The van der Waals surface area contributed by atoms with E-state index in [-0.39, 0.29) is 11.9 Å². The van der Waals surface area contributed by atoms with E-state index in [4.69, 9.17) is 0 Å². The molecule has 0 radical (unpaired) electrons. The predicted octanol–water partition coefficient (Wildman–Crippen LogP) is 2.44. The van der Waals surface area contributed by atoms with Crippen molar-refractivity contribution in [2.45, 2.75) is 26.3 Å². The maximum atomic E-state index is 11.6. The monoisotopic (exact) mass is 269 g/mol. The number of carbonyl (C=O) groups excluding carboxylic acids is 1. The van der Waals surface area contributed by atoms with Gasteiger partial charge in [0.2, 0.25) is 5.91 Å². The summed E-state index contributed by atoms with van der Waals surface area (Å²) < 4.78 is 0. The van der Waals surface area contributed by atoms with Crippen LogP contribution in [0.1, 0.15) is 18.1 Å². The third-order valence-electron chi connectivity index (χ3n) is 2.25. The number of aryl methyl sites for hydroxylation is 1. The Morgan fingerprint density at radius 1 is 1.47 bits per heavy atom. The standard InChI is InChI=1S/C12H16BrNO/c1-9-5-3-4-6-11(9)7-12(15)14-10(2)8-13/h3-6,10H,7-8H2,1-2H3,(H,14,15). The third kappa shape index (κ3) is 4.04. The topological polar surface area (TPSA) is 29.1 Å². The van der Waals surface area contributed by atoms with Crippen LogP contribution in [0.2, 0.25) is 0 Å². The molecule has 1 aromatic rings. The van der Waals surface area contributed by atoms with E-state index in [9.17, 15) is 4.79 Å². The van der Waals surface area contributed by atoms with Crippen LogP contribution in [0.25, 0.3) is 0 Å². The minimum absolute atomic E-state index is 0.0799. The summed E-state index contributed by atoms with van der Waals surface area (Å²) in [5.74, 6) is 0.0799. The number of benzene rings is 1. The summed E-state index contributed by atoms with van der Waals surface area (Å²) in [5, 5.41) is 3.70. The first kappa shape index (κ1) is 12.2. The van der Waals surface area contributed by atoms with Crippen molar-refractivity contribution in [1.29, 1.82) is 0 Å². The summed E-state index contributed by atoms with van der Waals surface area (Å²) in [6.07, 6.45) is 0.462. The molecule has 15 heavy (non-hydrogen) atoms. The molecule has 0 saturated carbocycles.